The number of carbonyl (C=O) groups excluding carboxylic acids is 3. The Hall–Kier alpha value is -3.14. The molecular weight excluding hydrogens is 560 g/mol. The lowest BCUT2D eigenvalue weighted by Gasteiger charge is -2.45. The number of ether oxygens (including phenoxy) is 3. The number of aryl methyl sites for hydroxylation is 1. The van der Waals surface area contributed by atoms with E-state index in [1.54, 1.807) is 25.7 Å². The molecule has 10 heteroatoms. The van der Waals surface area contributed by atoms with Crippen LogP contribution in [0.15, 0.2) is 23.2 Å². The van der Waals surface area contributed by atoms with Crippen molar-refractivity contribution in [2.24, 2.45) is 10.9 Å². The summed E-state index contributed by atoms with van der Waals surface area (Å²) < 4.78 is 17.7. The lowest BCUT2D eigenvalue weighted by molar-refractivity contribution is -0.135. The highest BCUT2D eigenvalue weighted by molar-refractivity contribution is 6.05. The molecule has 0 aliphatic carbocycles. The largest absolute Gasteiger partial charge is 0.487 e. The number of guanidine groups is 1. The van der Waals surface area contributed by atoms with Gasteiger partial charge < -0.3 is 19.5 Å². The third-order valence-corrected chi connectivity index (χ3v) is 9.32. The van der Waals surface area contributed by atoms with Crippen LogP contribution in [-0.4, -0.2) is 64.8 Å². The maximum atomic E-state index is 14.0. The number of alkyl carbamates (subject to hydrolysis) is 1. The number of amides is 3. The van der Waals surface area contributed by atoms with Crippen LogP contribution in [0.5, 0.6) is 5.75 Å². The maximum Gasteiger partial charge on any atom is 0.414 e. The molecule has 10 nitrogen and oxygen atoms in total. The number of fused-ring (bicyclic) bond motifs is 7. The van der Waals surface area contributed by atoms with E-state index in [9.17, 15) is 14.4 Å². The van der Waals surface area contributed by atoms with E-state index in [4.69, 9.17) is 19.2 Å². The minimum Gasteiger partial charge on any atom is -0.487 e. The molecule has 1 fully saturated rings. The Kier molecular flexibility index (Phi) is 9.31. The first-order valence-electron chi connectivity index (χ1n) is 16.4. The van der Waals surface area contributed by atoms with E-state index in [1.165, 1.54) is 5.56 Å². The van der Waals surface area contributed by atoms with Crippen molar-refractivity contribution in [3.05, 3.63) is 29.3 Å². The van der Waals surface area contributed by atoms with Gasteiger partial charge in [-0.15, -0.1) is 0 Å². The van der Waals surface area contributed by atoms with Crippen LogP contribution < -0.4 is 15.4 Å². The van der Waals surface area contributed by atoms with Crippen molar-refractivity contribution >= 4 is 23.9 Å². The second kappa shape index (κ2) is 12.7. The van der Waals surface area contributed by atoms with Crippen LogP contribution in [0.2, 0.25) is 0 Å². The van der Waals surface area contributed by atoms with Crippen LogP contribution in [0, 0.1) is 5.92 Å². The number of hydrogen-bond acceptors (Lipinski definition) is 7. The SMILES string of the molecule is CCC12CCCCc3ccc4c(c3)C(CC(C)(C)O4)NC(=O)CCC3COCCC3N(C(=O)C1)C(NC(=O)OC(C)(C)C)=N2. The fourth-order valence-corrected chi connectivity index (χ4v) is 7.11. The summed E-state index contributed by atoms with van der Waals surface area (Å²) in [4.78, 5) is 47.3. The quantitative estimate of drug-likeness (QED) is 0.429. The molecular formula is C34H50N4O6. The van der Waals surface area contributed by atoms with Gasteiger partial charge in [0, 0.05) is 37.0 Å². The normalized spacial score (nSPS) is 29.3. The zero-order chi connectivity index (χ0) is 31.7. The molecule has 0 saturated carbocycles. The van der Waals surface area contributed by atoms with Crippen LogP contribution in [0.1, 0.15) is 116 Å². The number of carbonyl (C=O) groups is 3. The van der Waals surface area contributed by atoms with Gasteiger partial charge in [-0.05, 0) is 84.8 Å². The molecule has 0 aromatic heterocycles. The number of rotatable bonds is 1. The van der Waals surface area contributed by atoms with Crippen LogP contribution in [0.3, 0.4) is 0 Å². The highest BCUT2D eigenvalue weighted by atomic mass is 16.6. The van der Waals surface area contributed by atoms with Crippen molar-refractivity contribution in [3.8, 4) is 5.75 Å². The minimum atomic E-state index is -0.701. The van der Waals surface area contributed by atoms with Crippen molar-refractivity contribution in [2.75, 3.05) is 13.2 Å². The Labute approximate surface area is 261 Å². The Morgan fingerprint density at radius 1 is 1.18 bits per heavy atom. The summed E-state index contributed by atoms with van der Waals surface area (Å²) in [6, 6.07) is 5.94. The minimum absolute atomic E-state index is 0.0368. The van der Waals surface area contributed by atoms with Gasteiger partial charge in [0.15, 0.2) is 0 Å². The molecule has 1 aromatic carbocycles. The maximum absolute atomic E-state index is 14.0. The second-order valence-electron chi connectivity index (χ2n) is 14.6. The molecule has 242 valence electrons. The average molecular weight is 611 g/mol. The molecule has 1 saturated heterocycles. The fraction of sp³-hybridized carbons (Fsp3) is 0.706. The number of benzene rings is 1. The van der Waals surface area contributed by atoms with Crippen molar-refractivity contribution < 1.29 is 28.6 Å². The standard InChI is InChI=1S/C34H50N4O6/c1-7-34-16-9-8-10-22-11-13-27-24(18-22)25(19-33(5,6)43-27)35-28(39)14-12-23-21-42-17-15-26(23)38(29(40)20-34)30(37-34)36-31(41)44-32(2,3)4/h11,13,18,23,25-26H,7-10,12,14-17,19-21H2,1-6H3,(H,35,39)(H,36,37,41). The molecule has 5 heterocycles. The highest BCUT2D eigenvalue weighted by Gasteiger charge is 2.45. The lowest BCUT2D eigenvalue weighted by atomic mass is 9.83. The molecule has 0 radical (unpaired) electrons. The van der Waals surface area contributed by atoms with Gasteiger partial charge >= 0.3 is 6.09 Å². The summed E-state index contributed by atoms with van der Waals surface area (Å²) in [5.74, 6) is 0.898. The molecule has 4 unspecified atom stereocenters. The van der Waals surface area contributed by atoms with Crippen LogP contribution in [0.4, 0.5) is 4.79 Å². The molecule has 4 atom stereocenters. The van der Waals surface area contributed by atoms with Crippen LogP contribution >= 0.6 is 0 Å². The Balaban J connectivity index is 1.48. The fourth-order valence-electron chi connectivity index (χ4n) is 7.11. The molecule has 5 aliphatic rings. The Bertz CT molecular complexity index is 1290. The third kappa shape index (κ3) is 7.56. The monoisotopic (exact) mass is 610 g/mol. The van der Waals surface area contributed by atoms with E-state index in [0.29, 0.717) is 45.3 Å². The predicted molar refractivity (Wildman–Crippen MR) is 167 cm³/mol. The molecule has 6 rings (SSSR count). The van der Waals surface area contributed by atoms with E-state index >= 15 is 0 Å². The molecule has 1 aromatic rings. The predicted octanol–water partition coefficient (Wildman–Crippen LogP) is 5.58. The first-order chi connectivity index (χ1) is 20.8. The van der Waals surface area contributed by atoms with Gasteiger partial charge in [0.2, 0.25) is 17.8 Å². The summed E-state index contributed by atoms with van der Waals surface area (Å²) in [6.45, 7) is 12.5. The van der Waals surface area contributed by atoms with Gasteiger partial charge in [-0.3, -0.25) is 19.8 Å². The molecule has 0 spiro atoms. The van der Waals surface area contributed by atoms with Gasteiger partial charge in [0.05, 0.1) is 24.6 Å². The van der Waals surface area contributed by atoms with E-state index in [2.05, 4.69) is 43.5 Å². The van der Waals surface area contributed by atoms with Gasteiger partial charge in [0.25, 0.3) is 0 Å². The Morgan fingerprint density at radius 2 is 1.98 bits per heavy atom. The van der Waals surface area contributed by atoms with Crippen molar-refractivity contribution in [1.29, 1.82) is 0 Å². The number of nitrogens with zero attached hydrogens (tertiary/aromatic N) is 2. The summed E-state index contributed by atoms with van der Waals surface area (Å²) >= 11 is 0. The van der Waals surface area contributed by atoms with E-state index < -0.39 is 22.8 Å². The van der Waals surface area contributed by atoms with Crippen molar-refractivity contribution in [3.63, 3.8) is 0 Å². The summed E-state index contributed by atoms with van der Waals surface area (Å²) in [7, 11) is 0. The summed E-state index contributed by atoms with van der Waals surface area (Å²) in [5, 5.41) is 6.15. The van der Waals surface area contributed by atoms with Crippen LogP contribution in [-0.2, 0) is 25.5 Å². The number of aliphatic imine (C=N–C) groups is 1. The molecule has 2 N–H and O–H groups in total. The smallest absolute Gasteiger partial charge is 0.414 e. The van der Waals surface area contributed by atoms with E-state index in [1.807, 2.05) is 6.07 Å². The molecule has 4 bridgehead atoms. The number of hydrogen-bond donors (Lipinski definition) is 2. The van der Waals surface area contributed by atoms with Crippen molar-refractivity contribution in [1.82, 2.24) is 15.5 Å². The first kappa shape index (κ1) is 32.3. The molecule has 3 amide bonds. The highest BCUT2D eigenvalue weighted by Crippen LogP contribution is 2.41. The topological polar surface area (TPSA) is 119 Å². The van der Waals surface area contributed by atoms with Crippen molar-refractivity contribution in [2.45, 2.75) is 135 Å². The Morgan fingerprint density at radius 3 is 2.73 bits per heavy atom. The zero-order valence-corrected chi connectivity index (χ0v) is 27.3. The van der Waals surface area contributed by atoms with Gasteiger partial charge in [0.1, 0.15) is 17.0 Å². The first-order valence-corrected chi connectivity index (χ1v) is 16.4. The van der Waals surface area contributed by atoms with Crippen LogP contribution in [0.25, 0.3) is 0 Å². The molecule has 44 heavy (non-hydrogen) atoms. The average Bonchev–Trinajstić information content (AvgIpc) is 2.93. The van der Waals surface area contributed by atoms with E-state index in [-0.39, 0.29) is 42.2 Å². The number of nitrogens with one attached hydrogen (secondary N) is 2. The zero-order valence-electron chi connectivity index (χ0n) is 27.3. The van der Waals surface area contributed by atoms with Gasteiger partial charge in [-0.2, -0.15) is 0 Å². The second-order valence-corrected chi connectivity index (χ2v) is 14.6. The van der Waals surface area contributed by atoms with Gasteiger partial charge in [-0.25, -0.2) is 9.79 Å². The summed E-state index contributed by atoms with van der Waals surface area (Å²) in [6.07, 6.45) is 5.84. The third-order valence-electron chi connectivity index (χ3n) is 9.32. The van der Waals surface area contributed by atoms with Gasteiger partial charge in [-0.1, -0.05) is 25.5 Å². The lowest BCUT2D eigenvalue weighted by Crippen LogP contribution is -2.61. The van der Waals surface area contributed by atoms with E-state index in [0.717, 1.165) is 37.0 Å². The molecule has 5 aliphatic heterocycles. The summed E-state index contributed by atoms with van der Waals surface area (Å²) in [5.41, 5.74) is 0.530.